The Bertz CT molecular complexity index is 1260. The van der Waals surface area contributed by atoms with Crippen LogP contribution in [-0.4, -0.2) is 45.1 Å². The molecule has 0 aromatic carbocycles. The molecule has 4 rings (SSSR count). The molecule has 0 aliphatic rings. The Morgan fingerprint density at radius 3 is 1.58 bits per heavy atom. The molecule has 13 heteroatoms. The smallest absolute Gasteiger partial charge is 0.291 e. The molecule has 120 valence electrons. The van der Waals surface area contributed by atoms with E-state index in [0.29, 0.717) is 0 Å². The number of hydrogen-bond acceptors (Lipinski definition) is 7. The maximum absolute atomic E-state index is 12.6. The van der Waals surface area contributed by atoms with Gasteiger partial charge in [-0.15, -0.1) is 0 Å². The lowest BCUT2D eigenvalue weighted by Crippen LogP contribution is -2.26. The third-order valence-electron chi connectivity index (χ3n) is 3.30. The molecule has 0 spiro atoms. The van der Waals surface area contributed by atoms with Crippen LogP contribution in [0.15, 0.2) is 31.8 Å². The topological polar surface area (TPSA) is 184 Å². The maximum Gasteiger partial charge on any atom is 0.342 e. The number of carbonyl (C=O) groups excluding carboxylic acids is 1. The third-order valence-corrected chi connectivity index (χ3v) is 3.30. The molecule has 4 N–H and O–H groups in total. The van der Waals surface area contributed by atoms with Gasteiger partial charge in [-0.3, -0.25) is 29.5 Å². The number of aromatic nitrogens is 8. The van der Waals surface area contributed by atoms with Gasteiger partial charge < -0.3 is 0 Å². The lowest BCUT2D eigenvalue weighted by molar-refractivity contribution is 0.245. The zero-order valence-corrected chi connectivity index (χ0v) is 11.5. The van der Waals surface area contributed by atoms with Crippen LogP contribution in [0.5, 0.6) is 0 Å². The summed E-state index contributed by atoms with van der Waals surface area (Å²) in [7, 11) is 0. The predicted octanol–water partition coefficient (Wildman–Crippen LogP) is -2.34. The summed E-state index contributed by atoms with van der Waals surface area (Å²) in [5.41, 5.74) is -3.74. The van der Waals surface area contributed by atoms with Gasteiger partial charge >= 0.3 is 17.4 Å². The SMILES string of the molecule is O=C(n1cnc2c(=O)[nH]c(=O)[nH]c21)n1cnc2c(=O)[nH]c(=O)[nH]c21. The number of aromatic amines is 4. The van der Waals surface area contributed by atoms with Crippen LogP contribution >= 0.6 is 0 Å². The number of hydrogen-bond donors (Lipinski definition) is 4. The highest BCUT2D eigenvalue weighted by Crippen LogP contribution is 2.08. The highest BCUT2D eigenvalue weighted by Gasteiger charge is 2.18. The Hall–Kier alpha value is -4.03. The van der Waals surface area contributed by atoms with Gasteiger partial charge in [0, 0.05) is 0 Å². The highest BCUT2D eigenvalue weighted by molar-refractivity contribution is 5.92. The molecule has 0 radical (unpaired) electrons. The third kappa shape index (κ3) is 1.78. The summed E-state index contributed by atoms with van der Waals surface area (Å²) in [5, 5.41) is 0. The fourth-order valence-electron chi connectivity index (χ4n) is 2.28. The van der Waals surface area contributed by atoms with Crippen molar-refractivity contribution in [1.82, 2.24) is 39.0 Å². The van der Waals surface area contributed by atoms with Gasteiger partial charge in [-0.05, 0) is 0 Å². The van der Waals surface area contributed by atoms with Crippen LogP contribution in [0, 0.1) is 0 Å². The molecular formula is C11H6N8O5. The van der Waals surface area contributed by atoms with E-state index in [4.69, 9.17) is 0 Å². The molecule has 0 saturated heterocycles. The van der Waals surface area contributed by atoms with Crippen molar-refractivity contribution in [2.45, 2.75) is 0 Å². The summed E-state index contributed by atoms with van der Waals surface area (Å²) in [6.07, 6.45) is 2.05. The van der Waals surface area contributed by atoms with E-state index in [2.05, 4.69) is 19.9 Å². The average molecular weight is 330 g/mol. The minimum Gasteiger partial charge on any atom is -0.291 e. The first-order valence-corrected chi connectivity index (χ1v) is 6.40. The lowest BCUT2D eigenvalue weighted by atomic mass is 10.5. The Kier molecular flexibility index (Phi) is 2.54. The minimum absolute atomic E-state index is 0.136. The van der Waals surface area contributed by atoms with Gasteiger partial charge in [-0.1, -0.05) is 0 Å². The summed E-state index contributed by atoms with van der Waals surface area (Å²) >= 11 is 0. The number of fused-ring (bicyclic) bond motifs is 2. The van der Waals surface area contributed by atoms with E-state index in [1.165, 1.54) is 0 Å². The highest BCUT2D eigenvalue weighted by atomic mass is 16.2. The molecule has 0 aliphatic carbocycles. The fourth-order valence-corrected chi connectivity index (χ4v) is 2.28. The molecule has 24 heavy (non-hydrogen) atoms. The number of carbonyl (C=O) groups is 1. The lowest BCUT2D eigenvalue weighted by Gasteiger charge is -2.03. The van der Waals surface area contributed by atoms with E-state index in [1.54, 1.807) is 0 Å². The number of nitrogens with zero attached hydrogens (tertiary/aromatic N) is 4. The molecule has 0 unspecified atom stereocenters. The van der Waals surface area contributed by atoms with Crippen molar-refractivity contribution < 1.29 is 4.79 Å². The number of H-pyrrole nitrogens is 4. The fraction of sp³-hybridized carbons (Fsp3) is 0. The van der Waals surface area contributed by atoms with Crippen molar-refractivity contribution in [3.05, 3.63) is 54.3 Å². The van der Waals surface area contributed by atoms with E-state index >= 15 is 0 Å². The van der Waals surface area contributed by atoms with Gasteiger partial charge in [0.1, 0.15) is 12.7 Å². The van der Waals surface area contributed by atoms with Crippen LogP contribution in [0.4, 0.5) is 4.79 Å². The number of rotatable bonds is 0. The van der Waals surface area contributed by atoms with Crippen molar-refractivity contribution in [1.29, 1.82) is 0 Å². The predicted molar refractivity (Wildman–Crippen MR) is 78.1 cm³/mol. The van der Waals surface area contributed by atoms with Crippen molar-refractivity contribution in [2.24, 2.45) is 0 Å². The molecule has 0 amide bonds. The molecular weight excluding hydrogens is 324 g/mol. The monoisotopic (exact) mass is 330 g/mol. The first kappa shape index (κ1) is 13.6. The second-order valence-corrected chi connectivity index (χ2v) is 4.72. The summed E-state index contributed by atoms with van der Waals surface area (Å²) in [6, 6.07) is -0.817. The van der Waals surface area contributed by atoms with Gasteiger partial charge in [-0.25, -0.2) is 33.5 Å². The van der Waals surface area contributed by atoms with Crippen molar-refractivity contribution in [3.8, 4) is 0 Å². The minimum atomic E-state index is -0.817. The molecule has 4 aromatic rings. The van der Waals surface area contributed by atoms with E-state index < -0.39 is 28.5 Å². The number of imidazole rings is 2. The van der Waals surface area contributed by atoms with Crippen molar-refractivity contribution >= 4 is 28.4 Å². The van der Waals surface area contributed by atoms with Crippen molar-refractivity contribution in [3.63, 3.8) is 0 Å². The second kappa shape index (κ2) is 4.48. The largest absolute Gasteiger partial charge is 0.342 e. The zero-order chi connectivity index (χ0) is 17.0. The second-order valence-electron chi connectivity index (χ2n) is 4.72. The van der Waals surface area contributed by atoms with Crippen LogP contribution in [0.25, 0.3) is 22.3 Å². The standard InChI is InChI=1S/C11H6N8O5/c20-7-3-5(14-9(22)16-7)18(1-12-3)11(24)19-2-13-4-6(19)15-10(23)17-8(4)21/h1-2H,(H2,14,16,20,22)(H2,15,17,21,23). The molecule has 0 bridgehead atoms. The Morgan fingerprint density at radius 1 is 0.750 bits per heavy atom. The quantitative estimate of drug-likeness (QED) is 0.278. The summed E-state index contributed by atoms with van der Waals surface area (Å²) in [6.45, 7) is 0. The Balaban J connectivity index is 2.01. The molecule has 13 nitrogen and oxygen atoms in total. The van der Waals surface area contributed by atoms with Crippen LogP contribution in [0.3, 0.4) is 0 Å². The van der Waals surface area contributed by atoms with E-state index in [0.717, 1.165) is 21.8 Å². The van der Waals surface area contributed by atoms with Crippen LogP contribution in [0.1, 0.15) is 0 Å². The molecule has 4 heterocycles. The van der Waals surface area contributed by atoms with Crippen molar-refractivity contribution in [2.75, 3.05) is 0 Å². The molecule has 0 fully saturated rings. The summed E-state index contributed by atoms with van der Waals surface area (Å²) in [4.78, 5) is 74.7. The molecule has 4 aromatic heterocycles. The van der Waals surface area contributed by atoms with E-state index in [-0.39, 0.29) is 22.3 Å². The summed E-state index contributed by atoms with van der Waals surface area (Å²) < 4.78 is 1.76. The van der Waals surface area contributed by atoms with Gasteiger partial charge in [0.2, 0.25) is 0 Å². The molecule has 0 saturated carbocycles. The molecule has 0 aliphatic heterocycles. The first-order valence-electron chi connectivity index (χ1n) is 6.40. The number of nitrogens with one attached hydrogen (secondary N) is 4. The van der Waals surface area contributed by atoms with E-state index in [1.807, 2.05) is 9.97 Å². The van der Waals surface area contributed by atoms with Gasteiger partial charge in [0.05, 0.1) is 0 Å². The van der Waals surface area contributed by atoms with Crippen LogP contribution < -0.4 is 22.5 Å². The maximum atomic E-state index is 12.6. The zero-order valence-electron chi connectivity index (χ0n) is 11.5. The van der Waals surface area contributed by atoms with Crippen LogP contribution in [0.2, 0.25) is 0 Å². The van der Waals surface area contributed by atoms with E-state index in [9.17, 15) is 24.0 Å². The normalized spacial score (nSPS) is 11.3. The van der Waals surface area contributed by atoms with Gasteiger partial charge in [0.25, 0.3) is 11.1 Å². The van der Waals surface area contributed by atoms with Crippen LogP contribution in [-0.2, 0) is 0 Å². The van der Waals surface area contributed by atoms with Gasteiger partial charge in [-0.2, -0.15) is 0 Å². The summed E-state index contributed by atoms with van der Waals surface area (Å²) in [5.74, 6) is 0. The Labute approximate surface area is 127 Å². The van der Waals surface area contributed by atoms with Gasteiger partial charge in [0.15, 0.2) is 22.3 Å². The first-order chi connectivity index (χ1) is 11.5. The molecule has 0 atom stereocenters. The Morgan fingerprint density at radius 2 is 1.17 bits per heavy atom. The average Bonchev–Trinajstić information content (AvgIpc) is 3.10.